The summed E-state index contributed by atoms with van der Waals surface area (Å²) in [4.78, 5) is 13.9. The highest BCUT2D eigenvalue weighted by atomic mass is 16.2. The molecule has 1 aromatic rings. The third kappa shape index (κ3) is 4.67. The Bertz CT molecular complexity index is 398. The molecule has 0 radical (unpaired) electrons. The maximum absolute atomic E-state index is 12.1. The van der Waals surface area contributed by atoms with E-state index >= 15 is 0 Å². The lowest BCUT2D eigenvalue weighted by atomic mass is 10.0. The molecule has 1 atom stereocenters. The van der Waals surface area contributed by atoms with Gasteiger partial charge in [-0.3, -0.25) is 4.79 Å². The van der Waals surface area contributed by atoms with Crippen LogP contribution in [0.3, 0.4) is 0 Å². The summed E-state index contributed by atoms with van der Waals surface area (Å²) in [6, 6.07) is 8.49. The van der Waals surface area contributed by atoms with Crippen LogP contribution in [0.4, 0.5) is 0 Å². The predicted octanol–water partition coefficient (Wildman–Crippen LogP) is 2.75. The number of hydrogen-bond acceptors (Lipinski definition) is 2. The van der Waals surface area contributed by atoms with Crippen LogP contribution in [0.1, 0.15) is 44.2 Å². The number of benzene rings is 1. The summed E-state index contributed by atoms with van der Waals surface area (Å²) in [7, 11) is 1.85. The van der Waals surface area contributed by atoms with Crippen molar-refractivity contribution in [3.63, 3.8) is 0 Å². The van der Waals surface area contributed by atoms with E-state index in [1.807, 2.05) is 14.0 Å². The van der Waals surface area contributed by atoms with E-state index in [4.69, 9.17) is 5.73 Å². The molecule has 0 aliphatic rings. The molecule has 0 saturated carbocycles. The molecule has 0 heterocycles. The molecular formula is C16H26N2O. The van der Waals surface area contributed by atoms with Crippen molar-refractivity contribution in [3.05, 3.63) is 35.4 Å². The highest BCUT2D eigenvalue weighted by Crippen LogP contribution is 2.16. The minimum absolute atomic E-state index is 0.00457. The van der Waals surface area contributed by atoms with Crippen LogP contribution in [-0.4, -0.2) is 24.4 Å². The first-order valence-corrected chi connectivity index (χ1v) is 6.99. The standard InChI is InChI=1S/C16H26N2O/c1-12(2)15-7-5-14(6-8-15)11-18(4)16(19)13(3)9-10-17/h5-8,12-13H,9-11,17H2,1-4H3. The Morgan fingerprint density at radius 2 is 1.79 bits per heavy atom. The van der Waals surface area contributed by atoms with Gasteiger partial charge in [0, 0.05) is 19.5 Å². The fraction of sp³-hybridized carbons (Fsp3) is 0.562. The number of hydrogen-bond donors (Lipinski definition) is 1. The smallest absolute Gasteiger partial charge is 0.225 e. The maximum Gasteiger partial charge on any atom is 0.225 e. The molecule has 1 unspecified atom stereocenters. The van der Waals surface area contributed by atoms with Gasteiger partial charge in [-0.1, -0.05) is 45.0 Å². The average molecular weight is 262 g/mol. The summed E-state index contributed by atoms with van der Waals surface area (Å²) in [6.45, 7) is 7.52. The topological polar surface area (TPSA) is 46.3 Å². The lowest BCUT2D eigenvalue weighted by Gasteiger charge is -2.21. The molecule has 0 saturated heterocycles. The van der Waals surface area contributed by atoms with E-state index in [0.717, 1.165) is 6.42 Å². The Morgan fingerprint density at radius 1 is 1.21 bits per heavy atom. The van der Waals surface area contributed by atoms with E-state index in [2.05, 4.69) is 38.1 Å². The monoisotopic (exact) mass is 262 g/mol. The summed E-state index contributed by atoms with van der Waals surface area (Å²) in [5, 5.41) is 0. The number of rotatable bonds is 6. The number of nitrogens with two attached hydrogens (primary N) is 1. The Balaban J connectivity index is 2.61. The first-order chi connectivity index (χ1) is 8.95. The molecular weight excluding hydrogens is 236 g/mol. The molecule has 1 aromatic carbocycles. The van der Waals surface area contributed by atoms with Gasteiger partial charge in [0.2, 0.25) is 5.91 Å². The Labute approximate surface area is 116 Å². The van der Waals surface area contributed by atoms with Crippen LogP contribution in [-0.2, 0) is 11.3 Å². The zero-order chi connectivity index (χ0) is 14.4. The van der Waals surface area contributed by atoms with Gasteiger partial charge in [0.1, 0.15) is 0 Å². The van der Waals surface area contributed by atoms with Crippen molar-refractivity contribution in [2.75, 3.05) is 13.6 Å². The Hall–Kier alpha value is -1.35. The van der Waals surface area contributed by atoms with Gasteiger partial charge in [-0.15, -0.1) is 0 Å². The van der Waals surface area contributed by atoms with Crippen molar-refractivity contribution in [3.8, 4) is 0 Å². The molecule has 3 nitrogen and oxygen atoms in total. The van der Waals surface area contributed by atoms with Gasteiger partial charge in [0.25, 0.3) is 0 Å². The Morgan fingerprint density at radius 3 is 2.26 bits per heavy atom. The first kappa shape index (κ1) is 15.7. The van der Waals surface area contributed by atoms with Crippen molar-refractivity contribution in [1.29, 1.82) is 0 Å². The second kappa shape index (κ2) is 7.29. The van der Waals surface area contributed by atoms with Gasteiger partial charge >= 0.3 is 0 Å². The van der Waals surface area contributed by atoms with Crippen molar-refractivity contribution < 1.29 is 4.79 Å². The molecule has 19 heavy (non-hydrogen) atoms. The number of amides is 1. The van der Waals surface area contributed by atoms with E-state index in [-0.39, 0.29) is 11.8 Å². The Kier molecular flexibility index (Phi) is 6.03. The second-order valence-corrected chi connectivity index (χ2v) is 5.57. The summed E-state index contributed by atoms with van der Waals surface area (Å²) in [5.41, 5.74) is 7.99. The van der Waals surface area contributed by atoms with E-state index in [9.17, 15) is 4.79 Å². The van der Waals surface area contributed by atoms with Gasteiger partial charge < -0.3 is 10.6 Å². The second-order valence-electron chi connectivity index (χ2n) is 5.57. The third-order valence-corrected chi connectivity index (χ3v) is 3.46. The average Bonchev–Trinajstić information content (AvgIpc) is 2.38. The van der Waals surface area contributed by atoms with E-state index in [1.165, 1.54) is 11.1 Å². The molecule has 0 aromatic heterocycles. The fourth-order valence-corrected chi connectivity index (χ4v) is 2.11. The van der Waals surface area contributed by atoms with Crippen LogP contribution in [0.25, 0.3) is 0 Å². The summed E-state index contributed by atoms with van der Waals surface area (Å²) >= 11 is 0. The molecule has 0 fully saturated rings. The van der Waals surface area contributed by atoms with Crippen LogP contribution < -0.4 is 5.73 Å². The zero-order valence-corrected chi connectivity index (χ0v) is 12.5. The van der Waals surface area contributed by atoms with Gasteiger partial charge in [0.05, 0.1) is 0 Å². The normalized spacial score (nSPS) is 12.5. The number of carbonyl (C=O) groups is 1. The molecule has 0 aliphatic heterocycles. The molecule has 0 bridgehead atoms. The predicted molar refractivity (Wildman–Crippen MR) is 79.8 cm³/mol. The van der Waals surface area contributed by atoms with Crippen molar-refractivity contribution in [2.24, 2.45) is 11.7 Å². The van der Waals surface area contributed by atoms with Crippen molar-refractivity contribution >= 4 is 5.91 Å². The quantitative estimate of drug-likeness (QED) is 0.857. The first-order valence-electron chi connectivity index (χ1n) is 6.99. The van der Waals surface area contributed by atoms with Gasteiger partial charge in [-0.05, 0) is 30.0 Å². The summed E-state index contributed by atoms with van der Waals surface area (Å²) in [6.07, 6.45) is 0.745. The summed E-state index contributed by atoms with van der Waals surface area (Å²) < 4.78 is 0. The number of nitrogens with zero attached hydrogens (tertiary/aromatic N) is 1. The van der Waals surface area contributed by atoms with Crippen LogP contribution >= 0.6 is 0 Å². The molecule has 106 valence electrons. The molecule has 2 N–H and O–H groups in total. The van der Waals surface area contributed by atoms with E-state index < -0.39 is 0 Å². The molecule has 3 heteroatoms. The van der Waals surface area contributed by atoms with Gasteiger partial charge in [-0.2, -0.15) is 0 Å². The molecule has 0 aliphatic carbocycles. The fourth-order valence-electron chi connectivity index (χ4n) is 2.11. The minimum atomic E-state index is 0.00457. The SMILES string of the molecule is CC(CCN)C(=O)N(C)Cc1ccc(C(C)C)cc1. The lowest BCUT2D eigenvalue weighted by molar-refractivity contribution is -0.134. The van der Waals surface area contributed by atoms with Gasteiger partial charge in [0.15, 0.2) is 0 Å². The molecule has 1 amide bonds. The highest BCUT2D eigenvalue weighted by molar-refractivity contribution is 5.78. The van der Waals surface area contributed by atoms with Crippen LogP contribution in [0.2, 0.25) is 0 Å². The number of carbonyl (C=O) groups excluding carboxylic acids is 1. The summed E-state index contributed by atoms with van der Waals surface area (Å²) in [5.74, 6) is 0.710. The van der Waals surface area contributed by atoms with E-state index in [1.54, 1.807) is 4.90 Å². The van der Waals surface area contributed by atoms with Crippen molar-refractivity contribution in [2.45, 2.75) is 39.7 Å². The molecule has 0 spiro atoms. The van der Waals surface area contributed by atoms with Crippen LogP contribution in [0, 0.1) is 5.92 Å². The van der Waals surface area contributed by atoms with Crippen LogP contribution in [0.15, 0.2) is 24.3 Å². The van der Waals surface area contributed by atoms with Crippen LogP contribution in [0.5, 0.6) is 0 Å². The van der Waals surface area contributed by atoms with Gasteiger partial charge in [-0.25, -0.2) is 0 Å². The maximum atomic E-state index is 12.1. The highest BCUT2D eigenvalue weighted by Gasteiger charge is 2.16. The largest absolute Gasteiger partial charge is 0.341 e. The van der Waals surface area contributed by atoms with Crippen molar-refractivity contribution in [1.82, 2.24) is 4.90 Å². The minimum Gasteiger partial charge on any atom is -0.341 e. The van der Waals surface area contributed by atoms with E-state index in [0.29, 0.717) is 19.0 Å². The molecule has 1 rings (SSSR count). The third-order valence-electron chi connectivity index (χ3n) is 3.46. The lowest BCUT2D eigenvalue weighted by Crippen LogP contribution is -2.32. The zero-order valence-electron chi connectivity index (χ0n) is 12.5.